The Hall–Kier alpha value is -1.27. The van der Waals surface area contributed by atoms with Crippen LogP contribution >= 0.6 is 23.2 Å². The summed E-state index contributed by atoms with van der Waals surface area (Å²) in [5.74, 6) is 0.529. The maximum atomic E-state index is 11.6. The van der Waals surface area contributed by atoms with E-state index in [4.69, 9.17) is 27.9 Å². The average molecular weight is 319 g/mol. The highest BCUT2D eigenvalue weighted by Gasteiger charge is 2.24. The SMILES string of the molecule is CCOC(=O)N1CCC(Nc2nc(Cl)ncc2Cl)CC1. The summed E-state index contributed by atoms with van der Waals surface area (Å²) in [6.07, 6.45) is 2.81. The lowest BCUT2D eigenvalue weighted by molar-refractivity contribution is 0.0983. The van der Waals surface area contributed by atoms with Crippen LogP contribution in [0.5, 0.6) is 0 Å². The Morgan fingerprint density at radius 1 is 1.50 bits per heavy atom. The molecule has 1 aromatic rings. The molecule has 0 aromatic carbocycles. The number of amides is 1. The number of nitrogens with zero attached hydrogens (tertiary/aromatic N) is 3. The molecule has 1 amide bonds. The van der Waals surface area contributed by atoms with Crippen molar-refractivity contribution in [2.75, 3.05) is 25.0 Å². The van der Waals surface area contributed by atoms with E-state index >= 15 is 0 Å². The fourth-order valence-electron chi connectivity index (χ4n) is 2.06. The smallest absolute Gasteiger partial charge is 0.409 e. The summed E-state index contributed by atoms with van der Waals surface area (Å²) in [6.45, 7) is 3.49. The molecule has 0 aliphatic carbocycles. The van der Waals surface area contributed by atoms with Crippen molar-refractivity contribution < 1.29 is 9.53 Å². The topological polar surface area (TPSA) is 67.3 Å². The lowest BCUT2D eigenvalue weighted by Gasteiger charge is -2.31. The number of aromatic nitrogens is 2. The van der Waals surface area contributed by atoms with E-state index in [1.807, 2.05) is 0 Å². The summed E-state index contributed by atoms with van der Waals surface area (Å²) in [6, 6.07) is 0.198. The van der Waals surface area contributed by atoms with Gasteiger partial charge in [-0.3, -0.25) is 0 Å². The molecule has 2 heterocycles. The molecule has 1 aliphatic heterocycles. The van der Waals surface area contributed by atoms with Crippen molar-refractivity contribution in [2.45, 2.75) is 25.8 Å². The van der Waals surface area contributed by atoms with E-state index in [-0.39, 0.29) is 17.4 Å². The van der Waals surface area contributed by atoms with Gasteiger partial charge in [-0.25, -0.2) is 9.78 Å². The van der Waals surface area contributed by atoms with E-state index in [9.17, 15) is 4.79 Å². The molecule has 0 spiro atoms. The van der Waals surface area contributed by atoms with E-state index in [2.05, 4.69) is 15.3 Å². The van der Waals surface area contributed by atoms with Crippen molar-refractivity contribution in [1.29, 1.82) is 0 Å². The summed E-state index contributed by atoms with van der Waals surface area (Å²) in [4.78, 5) is 21.1. The van der Waals surface area contributed by atoms with Gasteiger partial charge in [0.15, 0.2) is 0 Å². The first-order valence-electron chi connectivity index (χ1n) is 6.46. The maximum absolute atomic E-state index is 11.6. The normalized spacial score (nSPS) is 16.1. The van der Waals surface area contributed by atoms with Crippen LogP contribution in [0.1, 0.15) is 19.8 Å². The van der Waals surface area contributed by atoms with Crippen LogP contribution in [0.2, 0.25) is 10.3 Å². The molecule has 1 aromatic heterocycles. The standard InChI is InChI=1S/C12H16Cl2N4O2/c1-2-20-12(19)18-5-3-8(4-6-18)16-10-9(13)7-15-11(14)17-10/h7-8H,2-6H2,1H3,(H,15,16,17). The number of hydrogen-bond donors (Lipinski definition) is 1. The average Bonchev–Trinajstić information content (AvgIpc) is 2.44. The lowest BCUT2D eigenvalue weighted by atomic mass is 10.1. The lowest BCUT2D eigenvalue weighted by Crippen LogP contribution is -2.42. The molecule has 0 radical (unpaired) electrons. The van der Waals surface area contributed by atoms with Gasteiger partial charge in [0.2, 0.25) is 5.28 Å². The van der Waals surface area contributed by atoms with Gasteiger partial charge in [0.25, 0.3) is 0 Å². The number of nitrogens with one attached hydrogen (secondary N) is 1. The summed E-state index contributed by atoms with van der Waals surface area (Å²) in [5, 5.41) is 3.82. The Bertz CT molecular complexity index is 479. The molecule has 0 bridgehead atoms. The van der Waals surface area contributed by atoms with Gasteiger partial charge in [0.05, 0.1) is 12.8 Å². The zero-order valence-corrected chi connectivity index (χ0v) is 12.6. The third-order valence-electron chi connectivity index (χ3n) is 3.08. The van der Waals surface area contributed by atoms with E-state index in [1.54, 1.807) is 11.8 Å². The van der Waals surface area contributed by atoms with Gasteiger partial charge in [-0.2, -0.15) is 4.98 Å². The van der Waals surface area contributed by atoms with Crippen LogP contribution in [-0.4, -0.2) is 46.7 Å². The molecule has 0 unspecified atom stereocenters. The van der Waals surface area contributed by atoms with Crippen molar-refractivity contribution in [1.82, 2.24) is 14.9 Å². The second-order valence-electron chi connectivity index (χ2n) is 4.44. The van der Waals surface area contributed by atoms with Crippen molar-refractivity contribution in [3.8, 4) is 0 Å². The number of hydrogen-bond acceptors (Lipinski definition) is 5. The fraction of sp³-hybridized carbons (Fsp3) is 0.583. The zero-order chi connectivity index (χ0) is 14.5. The van der Waals surface area contributed by atoms with Crippen LogP contribution in [0.15, 0.2) is 6.20 Å². The van der Waals surface area contributed by atoms with E-state index < -0.39 is 0 Å². The predicted octanol–water partition coefficient (Wildman–Crippen LogP) is 2.82. The maximum Gasteiger partial charge on any atom is 0.409 e. The van der Waals surface area contributed by atoms with Crippen LogP contribution in [0.3, 0.4) is 0 Å². The van der Waals surface area contributed by atoms with Crippen LogP contribution in [0.25, 0.3) is 0 Å². The Morgan fingerprint density at radius 3 is 2.85 bits per heavy atom. The van der Waals surface area contributed by atoms with Crippen LogP contribution in [0, 0.1) is 0 Å². The first-order chi connectivity index (χ1) is 9.60. The molecule has 0 saturated carbocycles. The highest BCUT2D eigenvalue weighted by molar-refractivity contribution is 6.33. The summed E-state index contributed by atoms with van der Waals surface area (Å²) < 4.78 is 4.98. The Balaban J connectivity index is 1.88. The van der Waals surface area contributed by atoms with Gasteiger partial charge in [0, 0.05) is 19.1 Å². The number of halogens is 2. The largest absolute Gasteiger partial charge is 0.450 e. The molecular weight excluding hydrogens is 303 g/mol. The third-order valence-corrected chi connectivity index (χ3v) is 3.54. The minimum absolute atomic E-state index is 0.154. The second kappa shape index (κ2) is 6.95. The Kier molecular flexibility index (Phi) is 5.25. The third kappa shape index (κ3) is 3.86. The Morgan fingerprint density at radius 2 is 2.20 bits per heavy atom. The first-order valence-corrected chi connectivity index (χ1v) is 7.22. The molecule has 20 heavy (non-hydrogen) atoms. The monoisotopic (exact) mass is 318 g/mol. The van der Waals surface area contributed by atoms with E-state index in [0.29, 0.717) is 30.5 Å². The van der Waals surface area contributed by atoms with Gasteiger partial charge in [-0.1, -0.05) is 11.6 Å². The van der Waals surface area contributed by atoms with Crippen LogP contribution in [0.4, 0.5) is 10.6 Å². The number of carbonyl (C=O) groups excluding carboxylic acids is 1. The van der Waals surface area contributed by atoms with Crippen molar-refractivity contribution in [3.63, 3.8) is 0 Å². The van der Waals surface area contributed by atoms with Gasteiger partial charge >= 0.3 is 6.09 Å². The van der Waals surface area contributed by atoms with Gasteiger partial charge < -0.3 is 15.0 Å². The predicted molar refractivity (Wildman–Crippen MR) is 77.3 cm³/mol. The summed E-state index contributed by atoms with van der Waals surface area (Å²) >= 11 is 11.7. The molecule has 1 fully saturated rings. The summed E-state index contributed by atoms with van der Waals surface area (Å²) in [5.41, 5.74) is 0. The molecule has 6 nitrogen and oxygen atoms in total. The number of rotatable bonds is 3. The van der Waals surface area contributed by atoms with E-state index in [0.717, 1.165) is 12.8 Å². The van der Waals surface area contributed by atoms with Crippen LogP contribution in [-0.2, 0) is 4.74 Å². The van der Waals surface area contributed by atoms with E-state index in [1.165, 1.54) is 6.20 Å². The summed E-state index contributed by atoms with van der Waals surface area (Å²) in [7, 11) is 0. The number of carbonyl (C=O) groups is 1. The zero-order valence-electron chi connectivity index (χ0n) is 11.1. The number of likely N-dealkylation sites (tertiary alicyclic amines) is 1. The molecule has 110 valence electrons. The highest BCUT2D eigenvalue weighted by atomic mass is 35.5. The number of ether oxygens (including phenoxy) is 1. The Labute approximate surface area is 127 Å². The number of anilines is 1. The molecule has 1 saturated heterocycles. The number of piperidine rings is 1. The molecule has 8 heteroatoms. The van der Waals surface area contributed by atoms with Gasteiger partial charge in [-0.15, -0.1) is 0 Å². The second-order valence-corrected chi connectivity index (χ2v) is 5.19. The molecule has 1 aliphatic rings. The highest BCUT2D eigenvalue weighted by Crippen LogP contribution is 2.23. The minimum atomic E-state index is -0.255. The minimum Gasteiger partial charge on any atom is -0.450 e. The van der Waals surface area contributed by atoms with Gasteiger partial charge in [0.1, 0.15) is 10.8 Å². The van der Waals surface area contributed by atoms with Gasteiger partial charge in [-0.05, 0) is 31.4 Å². The van der Waals surface area contributed by atoms with Crippen molar-refractivity contribution in [3.05, 3.63) is 16.5 Å². The fourth-order valence-corrected chi connectivity index (χ4v) is 2.34. The quantitative estimate of drug-likeness (QED) is 0.868. The molecule has 0 atom stereocenters. The van der Waals surface area contributed by atoms with Crippen molar-refractivity contribution >= 4 is 35.1 Å². The molecule has 2 rings (SSSR count). The van der Waals surface area contributed by atoms with Crippen molar-refractivity contribution in [2.24, 2.45) is 0 Å². The van der Waals surface area contributed by atoms with Crippen LogP contribution < -0.4 is 5.32 Å². The molecular formula is C12H16Cl2N4O2. The molecule has 1 N–H and O–H groups in total. The first kappa shape index (κ1) is 15.1.